The van der Waals surface area contributed by atoms with E-state index in [1.165, 1.54) is 0 Å². The maximum atomic E-state index is 12.4. The second-order valence-electron chi connectivity index (χ2n) is 4.20. The lowest BCUT2D eigenvalue weighted by Crippen LogP contribution is -2.59. The minimum atomic E-state index is 0.0761. The molecule has 0 spiro atoms. The highest BCUT2D eigenvalue weighted by Crippen LogP contribution is 2.15. The fourth-order valence-corrected chi connectivity index (χ4v) is 2.24. The van der Waals surface area contributed by atoms with Crippen LogP contribution in [0.2, 0.25) is 0 Å². The first-order chi connectivity index (χ1) is 8.22. The summed E-state index contributed by atoms with van der Waals surface area (Å²) in [6.07, 6.45) is 4.29. The topological polar surface area (TPSA) is 45.2 Å². The van der Waals surface area contributed by atoms with E-state index >= 15 is 0 Å². The Bertz CT molecular complexity index is 406. The normalized spacial score (nSPS) is 15.4. The summed E-state index contributed by atoms with van der Waals surface area (Å²) in [4.78, 5) is 18.3. The molecule has 1 N–H and O–H groups in total. The van der Waals surface area contributed by atoms with Crippen molar-refractivity contribution in [1.29, 1.82) is 0 Å². The molecule has 1 aromatic rings. The van der Waals surface area contributed by atoms with E-state index in [2.05, 4.69) is 33.2 Å². The number of carbonyl (C=O) groups is 1. The highest BCUT2D eigenvalue weighted by molar-refractivity contribution is 9.10. The van der Waals surface area contributed by atoms with Gasteiger partial charge in [-0.05, 0) is 28.4 Å². The van der Waals surface area contributed by atoms with Gasteiger partial charge in [0, 0.05) is 36.5 Å². The van der Waals surface area contributed by atoms with Crippen molar-refractivity contribution in [3.8, 4) is 0 Å². The molecule has 1 aliphatic rings. The first-order valence-electron chi connectivity index (χ1n) is 5.84. The molecular formula is C12H16BrN3O. The molecule has 5 heteroatoms. The third-order valence-electron chi connectivity index (χ3n) is 2.88. The van der Waals surface area contributed by atoms with Crippen molar-refractivity contribution in [2.24, 2.45) is 0 Å². The fraction of sp³-hybridized carbons (Fsp3) is 0.500. The van der Waals surface area contributed by atoms with Gasteiger partial charge in [-0.3, -0.25) is 9.78 Å². The number of carbonyl (C=O) groups excluding carboxylic acids is 1. The van der Waals surface area contributed by atoms with E-state index in [1.54, 1.807) is 12.4 Å². The van der Waals surface area contributed by atoms with E-state index in [-0.39, 0.29) is 5.91 Å². The minimum Gasteiger partial charge on any atom is -0.333 e. The van der Waals surface area contributed by atoms with Crippen LogP contribution < -0.4 is 5.32 Å². The molecule has 0 atom stereocenters. The SMILES string of the molecule is CCCN(C(=O)c1cncc(Br)c1)C1CNC1. The average molecular weight is 298 g/mol. The lowest BCUT2D eigenvalue weighted by atomic mass is 10.1. The van der Waals surface area contributed by atoms with E-state index in [4.69, 9.17) is 0 Å². The third kappa shape index (κ3) is 2.84. The number of hydrogen-bond donors (Lipinski definition) is 1. The van der Waals surface area contributed by atoms with Crippen LogP contribution in [0.5, 0.6) is 0 Å². The van der Waals surface area contributed by atoms with Crippen LogP contribution >= 0.6 is 15.9 Å². The van der Waals surface area contributed by atoms with Gasteiger partial charge in [-0.15, -0.1) is 0 Å². The van der Waals surface area contributed by atoms with Crippen LogP contribution in [0.3, 0.4) is 0 Å². The molecule has 1 saturated heterocycles. The van der Waals surface area contributed by atoms with Crippen molar-refractivity contribution in [2.45, 2.75) is 19.4 Å². The first-order valence-corrected chi connectivity index (χ1v) is 6.64. The van der Waals surface area contributed by atoms with E-state index < -0.39 is 0 Å². The molecule has 4 nitrogen and oxygen atoms in total. The molecule has 0 aromatic carbocycles. The number of rotatable bonds is 4. The van der Waals surface area contributed by atoms with E-state index in [0.29, 0.717) is 11.6 Å². The largest absolute Gasteiger partial charge is 0.333 e. The van der Waals surface area contributed by atoms with Gasteiger partial charge < -0.3 is 10.2 Å². The summed E-state index contributed by atoms with van der Waals surface area (Å²) < 4.78 is 0.839. The van der Waals surface area contributed by atoms with Crippen LogP contribution in [0.4, 0.5) is 0 Å². The molecule has 17 heavy (non-hydrogen) atoms. The van der Waals surface area contributed by atoms with Crippen molar-refractivity contribution >= 4 is 21.8 Å². The van der Waals surface area contributed by atoms with Crippen LogP contribution in [0, 0.1) is 0 Å². The monoisotopic (exact) mass is 297 g/mol. The number of nitrogens with one attached hydrogen (secondary N) is 1. The molecule has 0 bridgehead atoms. The Morgan fingerprint density at radius 2 is 2.35 bits per heavy atom. The number of aromatic nitrogens is 1. The van der Waals surface area contributed by atoms with Gasteiger partial charge in [-0.2, -0.15) is 0 Å². The van der Waals surface area contributed by atoms with Crippen LogP contribution in [-0.4, -0.2) is 41.5 Å². The Morgan fingerprint density at radius 3 is 2.88 bits per heavy atom. The van der Waals surface area contributed by atoms with Gasteiger partial charge in [0.2, 0.25) is 0 Å². The Morgan fingerprint density at radius 1 is 1.59 bits per heavy atom. The number of nitrogens with zero attached hydrogens (tertiary/aromatic N) is 2. The van der Waals surface area contributed by atoms with Gasteiger partial charge >= 0.3 is 0 Å². The average Bonchev–Trinajstić information content (AvgIpc) is 2.25. The molecule has 2 rings (SSSR count). The standard InChI is InChI=1S/C12H16BrN3O/c1-2-3-16(11-7-15-8-11)12(17)9-4-10(13)6-14-5-9/h4-6,11,15H,2-3,7-8H2,1H3. The van der Waals surface area contributed by atoms with E-state index in [1.807, 2.05) is 11.0 Å². The summed E-state index contributed by atoms with van der Waals surface area (Å²) in [6, 6.07) is 2.16. The molecule has 1 fully saturated rings. The molecule has 1 amide bonds. The van der Waals surface area contributed by atoms with Crippen molar-refractivity contribution in [3.05, 3.63) is 28.5 Å². The third-order valence-corrected chi connectivity index (χ3v) is 3.31. The molecular weight excluding hydrogens is 282 g/mol. The zero-order valence-electron chi connectivity index (χ0n) is 9.82. The van der Waals surface area contributed by atoms with Crippen LogP contribution in [0.15, 0.2) is 22.9 Å². The molecule has 2 heterocycles. The maximum Gasteiger partial charge on any atom is 0.255 e. The minimum absolute atomic E-state index is 0.0761. The van der Waals surface area contributed by atoms with Crippen molar-refractivity contribution in [2.75, 3.05) is 19.6 Å². The summed E-state index contributed by atoms with van der Waals surface area (Å²) in [6.45, 7) is 4.68. The number of halogens is 1. The van der Waals surface area contributed by atoms with Gasteiger partial charge in [0.25, 0.3) is 5.91 Å². The van der Waals surface area contributed by atoms with Crippen molar-refractivity contribution < 1.29 is 4.79 Å². The zero-order chi connectivity index (χ0) is 12.3. The summed E-state index contributed by atoms with van der Waals surface area (Å²) in [5.41, 5.74) is 0.653. The van der Waals surface area contributed by atoms with E-state index in [0.717, 1.165) is 30.5 Å². The smallest absolute Gasteiger partial charge is 0.255 e. The maximum absolute atomic E-state index is 12.4. The zero-order valence-corrected chi connectivity index (χ0v) is 11.4. The molecule has 1 aromatic heterocycles. The molecule has 0 saturated carbocycles. The molecule has 0 radical (unpaired) electrons. The predicted octanol–water partition coefficient (Wildman–Crippen LogP) is 1.67. The Kier molecular flexibility index (Phi) is 4.12. The summed E-state index contributed by atoms with van der Waals surface area (Å²) in [5, 5.41) is 3.20. The van der Waals surface area contributed by atoms with E-state index in [9.17, 15) is 4.79 Å². The number of amides is 1. The van der Waals surface area contributed by atoms with Crippen LogP contribution in [0.1, 0.15) is 23.7 Å². The number of pyridine rings is 1. The summed E-state index contributed by atoms with van der Waals surface area (Å²) in [5.74, 6) is 0.0761. The molecule has 1 aliphatic heterocycles. The van der Waals surface area contributed by atoms with Crippen LogP contribution in [0.25, 0.3) is 0 Å². The predicted molar refractivity (Wildman–Crippen MR) is 69.9 cm³/mol. The highest BCUT2D eigenvalue weighted by Gasteiger charge is 2.28. The molecule has 92 valence electrons. The Hall–Kier alpha value is -0.940. The first kappa shape index (κ1) is 12.5. The van der Waals surface area contributed by atoms with Gasteiger partial charge in [0.05, 0.1) is 11.6 Å². The second-order valence-corrected chi connectivity index (χ2v) is 5.12. The molecule has 0 unspecified atom stereocenters. The number of hydrogen-bond acceptors (Lipinski definition) is 3. The van der Waals surface area contributed by atoms with Crippen molar-refractivity contribution in [3.63, 3.8) is 0 Å². The highest BCUT2D eigenvalue weighted by atomic mass is 79.9. The van der Waals surface area contributed by atoms with Gasteiger partial charge in [0.15, 0.2) is 0 Å². The van der Waals surface area contributed by atoms with Gasteiger partial charge in [0.1, 0.15) is 0 Å². The quantitative estimate of drug-likeness (QED) is 0.919. The Labute approximate surface area is 110 Å². The fourth-order valence-electron chi connectivity index (χ4n) is 1.88. The molecule has 0 aliphatic carbocycles. The van der Waals surface area contributed by atoms with Crippen molar-refractivity contribution in [1.82, 2.24) is 15.2 Å². The van der Waals surface area contributed by atoms with Crippen LogP contribution in [-0.2, 0) is 0 Å². The Balaban J connectivity index is 2.15. The van der Waals surface area contributed by atoms with Gasteiger partial charge in [-0.25, -0.2) is 0 Å². The lowest BCUT2D eigenvalue weighted by Gasteiger charge is -2.38. The second kappa shape index (κ2) is 5.60. The summed E-state index contributed by atoms with van der Waals surface area (Å²) >= 11 is 3.34. The lowest BCUT2D eigenvalue weighted by molar-refractivity contribution is 0.0615. The van der Waals surface area contributed by atoms with Gasteiger partial charge in [-0.1, -0.05) is 6.92 Å². The summed E-state index contributed by atoms with van der Waals surface area (Å²) in [7, 11) is 0.